The van der Waals surface area contributed by atoms with Crippen LogP contribution in [0.3, 0.4) is 0 Å². The number of nitrogens with zero attached hydrogens (tertiary/aromatic N) is 1. The Morgan fingerprint density at radius 3 is 2.90 bits per heavy atom. The fourth-order valence-corrected chi connectivity index (χ4v) is 3.80. The van der Waals surface area contributed by atoms with E-state index in [1.807, 2.05) is 6.07 Å². The van der Waals surface area contributed by atoms with Crippen molar-refractivity contribution in [1.82, 2.24) is 4.98 Å². The third kappa shape index (κ3) is 3.12. The molecule has 0 amide bonds. The number of aliphatic hydroxyl groups is 1. The van der Waals surface area contributed by atoms with Gasteiger partial charge in [-0.3, -0.25) is 15.3 Å². The summed E-state index contributed by atoms with van der Waals surface area (Å²) < 4.78 is 1.15. The van der Waals surface area contributed by atoms with Gasteiger partial charge in [-0.05, 0) is 43.0 Å². The maximum absolute atomic E-state index is 9.24. The molecule has 0 aromatic carbocycles. The highest BCUT2D eigenvalue weighted by molar-refractivity contribution is 7.17. The first-order valence-electron chi connectivity index (χ1n) is 7.34. The standard InChI is InChI=1S/C15H21N3O2S/c1-20-18-13-8-16-12-6-7-21-15(12)14(13)17-11-4-2-10(9-19)3-5-11/h6-8,10-11,18-19H,2-5,9H2,1H3,(H,16,17). The maximum Gasteiger partial charge on any atom is 0.103 e. The van der Waals surface area contributed by atoms with Gasteiger partial charge in [-0.25, -0.2) is 0 Å². The summed E-state index contributed by atoms with van der Waals surface area (Å²) in [6, 6.07) is 2.47. The van der Waals surface area contributed by atoms with Crippen LogP contribution in [0.5, 0.6) is 0 Å². The number of aliphatic hydroxyl groups excluding tert-OH is 1. The van der Waals surface area contributed by atoms with Crippen molar-refractivity contribution in [1.29, 1.82) is 0 Å². The van der Waals surface area contributed by atoms with Crippen molar-refractivity contribution in [2.24, 2.45) is 5.92 Å². The molecular weight excluding hydrogens is 286 g/mol. The van der Waals surface area contributed by atoms with Crippen molar-refractivity contribution in [3.05, 3.63) is 17.6 Å². The maximum atomic E-state index is 9.24. The number of hydrogen-bond donors (Lipinski definition) is 3. The number of rotatable bonds is 5. The van der Waals surface area contributed by atoms with Crippen LogP contribution in [0, 0.1) is 5.92 Å². The number of thiophene rings is 1. The van der Waals surface area contributed by atoms with Crippen LogP contribution in [0.4, 0.5) is 11.4 Å². The molecule has 0 aliphatic heterocycles. The first-order chi connectivity index (χ1) is 10.3. The van der Waals surface area contributed by atoms with Crippen molar-refractivity contribution in [3.63, 3.8) is 0 Å². The summed E-state index contributed by atoms with van der Waals surface area (Å²) in [5.41, 5.74) is 5.86. The van der Waals surface area contributed by atoms with Crippen LogP contribution in [0.25, 0.3) is 10.2 Å². The van der Waals surface area contributed by atoms with E-state index in [4.69, 9.17) is 4.84 Å². The van der Waals surface area contributed by atoms with Crippen LogP contribution in [-0.4, -0.2) is 29.8 Å². The Kier molecular flexibility index (Phi) is 4.57. The highest BCUT2D eigenvalue weighted by Gasteiger charge is 2.22. The van der Waals surface area contributed by atoms with Crippen LogP contribution >= 0.6 is 11.3 Å². The van der Waals surface area contributed by atoms with E-state index in [2.05, 4.69) is 21.2 Å². The lowest BCUT2D eigenvalue weighted by Gasteiger charge is -2.29. The van der Waals surface area contributed by atoms with Gasteiger partial charge in [0.05, 0.1) is 29.2 Å². The summed E-state index contributed by atoms with van der Waals surface area (Å²) in [5.74, 6) is 0.471. The Morgan fingerprint density at radius 1 is 1.38 bits per heavy atom. The third-order valence-electron chi connectivity index (χ3n) is 4.14. The normalized spacial score (nSPS) is 22.4. The minimum absolute atomic E-state index is 0.313. The van der Waals surface area contributed by atoms with Crippen molar-refractivity contribution < 1.29 is 9.94 Å². The number of aromatic nitrogens is 1. The number of hydrogen-bond acceptors (Lipinski definition) is 6. The van der Waals surface area contributed by atoms with Gasteiger partial charge in [0.2, 0.25) is 0 Å². The molecule has 1 saturated carbocycles. The number of fused-ring (bicyclic) bond motifs is 1. The molecule has 1 aliphatic carbocycles. The zero-order valence-corrected chi connectivity index (χ0v) is 12.9. The summed E-state index contributed by atoms with van der Waals surface area (Å²) in [5, 5.41) is 15.0. The molecule has 2 aromatic rings. The molecule has 0 atom stereocenters. The third-order valence-corrected chi connectivity index (χ3v) is 5.06. The second-order valence-corrected chi connectivity index (χ2v) is 6.45. The minimum atomic E-state index is 0.313. The van der Waals surface area contributed by atoms with Gasteiger partial charge < -0.3 is 10.4 Å². The molecule has 0 unspecified atom stereocenters. The summed E-state index contributed by atoms with van der Waals surface area (Å²) in [7, 11) is 1.61. The lowest BCUT2D eigenvalue weighted by Crippen LogP contribution is -2.27. The van der Waals surface area contributed by atoms with Crippen LogP contribution < -0.4 is 10.8 Å². The van der Waals surface area contributed by atoms with E-state index in [1.165, 1.54) is 0 Å². The molecule has 5 nitrogen and oxygen atoms in total. The summed E-state index contributed by atoms with van der Waals surface area (Å²) in [6.45, 7) is 0.313. The average Bonchev–Trinajstić information content (AvgIpc) is 2.99. The fraction of sp³-hybridized carbons (Fsp3) is 0.533. The lowest BCUT2D eigenvalue weighted by atomic mass is 9.86. The van der Waals surface area contributed by atoms with E-state index in [9.17, 15) is 5.11 Å². The van der Waals surface area contributed by atoms with Crippen molar-refractivity contribution >= 4 is 32.9 Å². The number of nitrogens with one attached hydrogen (secondary N) is 2. The zero-order valence-electron chi connectivity index (χ0n) is 12.1. The quantitative estimate of drug-likeness (QED) is 0.740. The largest absolute Gasteiger partial charge is 0.396 e. The van der Waals surface area contributed by atoms with Crippen LogP contribution in [0.15, 0.2) is 17.6 Å². The predicted octanol–water partition coefficient (Wildman–Crippen LogP) is 3.23. The van der Waals surface area contributed by atoms with Crippen LogP contribution in [-0.2, 0) is 4.84 Å². The minimum Gasteiger partial charge on any atom is -0.396 e. The predicted molar refractivity (Wildman–Crippen MR) is 86.7 cm³/mol. The molecule has 114 valence electrons. The SMILES string of the molecule is CONc1cnc2ccsc2c1NC1CCC(CO)CC1. The molecule has 1 fully saturated rings. The van der Waals surface area contributed by atoms with E-state index in [-0.39, 0.29) is 0 Å². The summed E-state index contributed by atoms with van der Waals surface area (Å²) in [6.07, 6.45) is 6.15. The fourth-order valence-electron chi connectivity index (χ4n) is 2.94. The Hall–Kier alpha value is -1.37. The second kappa shape index (κ2) is 6.60. The molecule has 0 radical (unpaired) electrons. The molecule has 1 aliphatic rings. The van der Waals surface area contributed by atoms with Crippen LogP contribution in [0.2, 0.25) is 0 Å². The van der Waals surface area contributed by atoms with E-state index in [0.717, 1.165) is 47.3 Å². The topological polar surface area (TPSA) is 66.4 Å². The van der Waals surface area contributed by atoms with Gasteiger partial charge in [0.25, 0.3) is 0 Å². The van der Waals surface area contributed by atoms with Crippen molar-refractivity contribution in [2.75, 3.05) is 24.5 Å². The zero-order chi connectivity index (χ0) is 14.7. The number of pyridine rings is 1. The van der Waals surface area contributed by atoms with Crippen molar-refractivity contribution in [2.45, 2.75) is 31.7 Å². The smallest absolute Gasteiger partial charge is 0.103 e. The summed E-state index contributed by atoms with van der Waals surface area (Å²) in [4.78, 5) is 9.49. The average molecular weight is 307 g/mol. The first kappa shape index (κ1) is 14.6. The highest BCUT2D eigenvalue weighted by Crippen LogP contribution is 2.36. The second-order valence-electron chi connectivity index (χ2n) is 5.53. The van der Waals surface area contributed by atoms with E-state index in [0.29, 0.717) is 18.6 Å². The van der Waals surface area contributed by atoms with Gasteiger partial charge in [-0.2, -0.15) is 0 Å². The molecule has 3 rings (SSSR count). The molecular formula is C15H21N3O2S. The van der Waals surface area contributed by atoms with Gasteiger partial charge >= 0.3 is 0 Å². The Labute approximate surface area is 128 Å². The molecule has 3 N–H and O–H groups in total. The molecule has 2 heterocycles. The first-order valence-corrected chi connectivity index (χ1v) is 8.22. The molecule has 0 saturated heterocycles. The van der Waals surface area contributed by atoms with Crippen LogP contribution in [0.1, 0.15) is 25.7 Å². The van der Waals surface area contributed by atoms with E-state index < -0.39 is 0 Å². The molecule has 6 heteroatoms. The van der Waals surface area contributed by atoms with Gasteiger partial charge in [0, 0.05) is 12.6 Å². The van der Waals surface area contributed by atoms with Gasteiger partial charge in [0.1, 0.15) is 5.69 Å². The van der Waals surface area contributed by atoms with Gasteiger partial charge in [-0.1, -0.05) is 0 Å². The number of anilines is 2. The lowest BCUT2D eigenvalue weighted by molar-refractivity contribution is 0.186. The van der Waals surface area contributed by atoms with Gasteiger partial charge in [-0.15, -0.1) is 11.3 Å². The molecule has 0 bridgehead atoms. The monoisotopic (exact) mass is 307 g/mol. The molecule has 21 heavy (non-hydrogen) atoms. The highest BCUT2D eigenvalue weighted by atomic mass is 32.1. The van der Waals surface area contributed by atoms with E-state index in [1.54, 1.807) is 24.6 Å². The Bertz CT molecular complexity index is 594. The molecule has 0 spiro atoms. The Balaban J connectivity index is 1.81. The van der Waals surface area contributed by atoms with Gasteiger partial charge in [0.15, 0.2) is 0 Å². The van der Waals surface area contributed by atoms with E-state index >= 15 is 0 Å². The molecule has 2 aromatic heterocycles. The van der Waals surface area contributed by atoms with Crippen molar-refractivity contribution in [3.8, 4) is 0 Å². The Morgan fingerprint density at radius 2 is 2.19 bits per heavy atom. The summed E-state index contributed by atoms with van der Waals surface area (Å²) >= 11 is 1.69.